The van der Waals surface area contributed by atoms with Gasteiger partial charge in [-0.05, 0) is 49.2 Å². The van der Waals surface area contributed by atoms with E-state index in [0.717, 1.165) is 25.1 Å². The fraction of sp³-hybridized carbons (Fsp3) is 0.409. The van der Waals surface area contributed by atoms with E-state index in [1.807, 2.05) is 11.0 Å². The Kier molecular flexibility index (Phi) is 6.58. The van der Waals surface area contributed by atoms with Crippen LogP contribution in [0.25, 0.3) is 0 Å². The molecule has 2 saturated heterocycles. The molecule has 31 heavy (non-hydrogen) atoms. The summed E-state index contributed by atoms with van der Waals surface area (Å²) in [5.41, 5.74) is 2.07. The summed E-state index contributed by atoms with van der Waals surface area (Å²) in [5.74, 6) is -0.0149. The maximum absolute atomic E-state index is 12.7. The summed E-state index contributed by atoms with van der Waals surface area (Å²) < 4.78 is 5.61. The van der Waals surface area contributed by atoms with Gasteiger partial charge in [0.25, 0.3) is 11.6 Å². The molecule has 2 aromatic rings. The maximum atomic E-state index is 12.7. The number of amides is 1. The summed E-state index contributed by atoms with van der Waals surface area (Å²) in [6.07, 6.45) is 2.07. The lowest BCUT2D eigenvalue weighted by Gasteiger charge is -2.36. The first-order valence-electron chi connectivity index (χ1n) is 10.4. The summed E-state index contributed by atoms with van der Waals surface area (Å²) in [5, 5.41) is 15.2. The standard InChI is InChI=1S/C22H25ClN4O4/c23-17-5-3-16(4-6-17)22(28)26-11-9-25(10-12-26)18-7-8-21(27(29)30)20(14-18)24-15-19-2-1-13-31-19/h3-8,14,19,24H,1-2,9-13,15H2/t19-/m1/s1. The van der Waals surface area contributed by atoms with Crippen LogP contribution in [0.2, 0.25) is 5.02 Å². The molecule has 0 bridgehead atoms. The third-order valence-corrected chi connectivity index (χ3v) is 6.00. The molecular formula is C22H25ClN4O4. The molecule has 1 amide bonds. The van der Waals surface area contributed by atoms with Gasteiger partial charge in [-0.2, -0.15) is 0 Å². The zero-order valence-corrected chi connectivity index (χ0v) is 17.9. The lowest BCUT2D eigenvalue weighted by Crippen LogP contribution is -2.48. The number of piperazine rings is 1. The fourth-order valence-electron chi connectivity index (χ4n) is 3.99. The van der Waals surface area contributed by atoms with E-state index in [-0.39, 0.29) is 22.6 Å². The van der Waals surface area contributed by atoms with Gasteiger partial charge in [-0.1, -0.05) is 11.6 Å². The van der Waals surface area contributed by atoms with Crippen LogP contribution in [0.4, 0.5) is 17.1 Å². The minimum atomic E-state index is -0.371. The van der Waals surface area contributed by atoms with Gasteiger partial charge in [0.05, 0.1) is 11.0 Å². The number of carbonyl (C=O) groups excluding carboxylic acids is 1. The van der Waals surface area contributed by atoms with Crippen LogP contribution < -0.4 is 10.2 Å². The molecule has 8 nitrogen and oxygen atoms in total. The van der Waals surface area contributed by atoms with E-state index >= 15 is 0 Å². The highest BCUT2D eigenvalue weighted by Crippen LogP contribution is 2.30. The number of halogens is 1. The molecule has 2 aliphatic rings. The molecule has 2 fully saturated rings. The lowest BCUT2D eigenvalue weighted by atomic mass is 10.1. The van der Waals surface area contributed by atoms with Crippen LogP contribution in [-0.4, -0.2) is 61.2 Å². The minimum absolute atomic E-state index is 0.0149. The smallest absolute Gasteiger partial charge is 0.292 e. The first kappa shape index (κ1) is 21.4. The molecule has 0 unspecified atom stereocenters. The summed E-state index contributed by atoms with van der Waals surface area (Å²) in [4.78, 5) is 27.7. The second kappa shape index (κ2) is 9.53. The monoisotopic (exact) mass is 444 g/mol. The summed E-state index contributed by atoms with van der Waals surface area (Å²) in [7, 11) is 0. The highest BCUT2D eigenvalue weighted by molar-refractivity contribution is 6.30. The second-order valence-electron chi connectivity index (χ2n) is 7.76. The SMILES string of the molecule is O=C(c1ccc(Cl)cc1)N1CCN(c2ccc([N+](=O)[O-])c(NC[C@H]3CCCO3)c2)CC1. The van der Waals surface area contributed by atoms with Crippen LogP contribution >= 0.6 is 11.6 Å². The number of hydrogen-bond donors (Lipinski definition) is 1. The van der Waals surface area contributed by atoms with Crippen molar-refractivity contribution in [1.82, 2.24) is 4.90 Å². The van der Waals surface area contributed by atoms with Crippen molar-refractivity contribution in [2.24, 2.45) is 0 Å². The van der Waals surface area contributed by atoms with Crippen molar-refractivity contribution < 1.29 is 14.5 Å². The normalized spacial score (nSPS) is 18.8. The van der Waals surface area contributed by atoms with Gasteiger partial charge in [0.15, 0.2) is 0 Å². The van der Waals surface area contributed by atoms with Crippen molar-refractivity contribution in [2.45, 2.75) is 18.9 Å². The van der Waals surface area contributed by atoms with Gasteiger partial charge >= 0.3 is 0 Å². The molecule has 0 aromatic heterocycles. The van der Waals surface area contributed by atoms with E-state index in [1.54, 1.807) is 36.4 Å². The van der Waals surface area contributed by atoms with Gasteiger partial charge in [-0.25, -0.2) is 0 Å². The minimum Gasteiger partial charge on any atom is -0.377 e. The van der Waals surface area contributed by atoms with E-state index in [0.29, 0.717) is 49.0 Å². The highest BCUT2D eigenvalue weighted by atomic mass is 35.5. The molecular weight excluding hydrogens is 420 g/mol. The number of nitrogens with zero attached hydrogens (tertiary/aromatic N) is 3. The van der Waals surface area contributed by atoms with Crippen molar-refractivity contribution in [3.05, 3.63) is 63.2 Å². The van der Waals surface area contributed by atoms with Gasteiger partial charge in [0, 0.05) is 61.7 Å². The Morgan fingerprint density at radius 1 is 1.16 bits per heavy atom. The molecule has 0 saturated carbocycles. The zero-order chi connectivity index (χ0) is 21.8. The molecule has 0 radical (unpaired) electrons. The Morgan fingerprint density at radius 3 is 2.55 bits per heavy atom. The number of hydrogen-bond acceptors (Lipinski definition) is 6. The molecule has 164 valence electrons. The second-order valence-corrected chi connectivity index (χ2v) is 8.20. The van der Waals surface area contributed by atoms with Crippen molar-refractivity contribution >= 4 is 34.6 Å². The average molecular weight is 445 g/mol. The molecule has 0 aliphatic carbocycles. The van der Waals surface area contributed by atoms with Crippen LogP contribution in [0.1, 0.15) is 23.2 Å². The first-order chi connectivity index (χ1) is 15.0. The number of nitrogens with one attached hydrogen (secondary N) is 1. The third kappa shape index (κ3) is 5.08. The largest absolute Gasteiger partial charge is 0.377 e. The van der Waals surface area contributed by atoms with E-state index in [9.17, 15) is 14.9 Å². The average Bonchev–Trinajstić information content (AvgIpc) is 3.31. The summed E-state index contributed by atoms with van der Waals surface area (Å²) in [6.45, 7) is 3.76. The van der Waals surface area contributed by atoms with Gasteiger partial charge in [0.1, 0.15) is 5.69 Å². The first-order valence-corrected chi connectivity index (χ1v) is 10.8. The zero-order valence-electron chi connectivity index (χ0n) is 17.1. The molecule has 1 N–H and O–H groups in total. The van der Waals surface area contributed by atoms with Crippen molar-refractivity contribution in [1.29, 1.82) is 0 Å². The van der Waals surface area contributed by atoms with E-state index in [4.69, 9.17) is 16.3 Å². The van der Waals surface area contributed by atoms with Crippen LogP contribution in [0.15, 0.2) is 42.5 Å². The number of benzene rings is 2. The van der Waals surface area contributed by atoms with Crippen LogP contribution in [-0.2, 0) is 4.74 Å². The predicted octanol–water partition coefficient (Wildman–Crippen LogP) is 3.80. The molecule has 9 heteroatoms. The van der Waals surface area contributed by atoms with Gasteiger partial charge in [-0.3, -0.25) is 14.9 Å². The molecule has 0 spiro atoms. The van der Waals surface area contributed by atoms with Crippen molar-refractivity contribution in [3.63, 3.8) is 0 Å². The molecule has 4 rings (SSSR count). The highest BCUT2D eigenvalue weighted by Gasteiger charge is 2.24. The van der Waals surface area contributed by atoms with E-state index in [1.165, 1.54) is 0 Å². The molecule has 2 aromatic carbocycles. The maximum Gasteiger partial charge on any atom is 0.292 e. The van der Waals surface area contributed by atoms with Crippen molar-refractivity contribution in [3.8, 4) is 0 Å². The Bertz CT molecular complexity index is 939. The van der Waals surface area contributed by atoms with Crippen molar-refractivity contribution in [2.75, 3.05) is 49.5 Å². The number of carbonyl (C=O) groups is 1. The fourth-order valence-corrected chi connectivity index (χ4v) is 4.12. The Balaban J connectivity index is 1.41. The van der Waals surface area contributed by atoms with Gasteiger partial charge in [0.2, 0.25) is 0 Å². The van der Waals surface area contributed by atoms with Crippen LogP contribution in [0.3, 0.4) is 0 Å². The third-order valence-electron chi connectivity index (χ3n) is 5.74. The van der Waals surface area contributed by atoms with E-state index in [2.05, 4.69) is 10.2 Å². The van der Waals surface area contributed by atoms with Gasteiger partial charge in [-0.15, -0.1) is 0 Å². The number of rotatable bonds is 6. The predicted molar refractivity (Wildman–Crippen MR) is 120 cm³/mol. The topological polar surface area (TPSA) is 88.0 Å². The summed E-state index contributed by atoms with van der Waals surface area (Å²) in [6, 6.07) is 12.0. The van der Waals surface area contributed by atoms with Crippen LogP contribution in [0.5, 0.6) is 0 Å². The lowest BCUT2D eigenvalue weighted by molar-refractivity contribution is -0.383. The molecule has 1 atom stereocenters. The van der Waals surface area contributed by atoms with E-state index < -0.39 is 0 Å². The quantitative estimate of drug-likeness (QED) is 0.538. The Hall–Kier alpha value is -2.84. The number of anilines is 2. The molecule has 2 heterocycles. The summed E-state index contributed by atoms with van der Waals surface area (Å²) >= 11 is 5.91. The molecule has 2 aliphatic heterocycles. The van der Waals surface area contributed by atoms with Gasteiger partial charge < -0.3 is 19.9 Å². The number of nitro groups is 1. The Labute approximate surface area is 185 Å². The Morgan fingerprint density at radius 2 is 1.90 bits per heavy atom. The number of ether oxygens (including phenoxy) is 1. The van der Waals surface area contributed by atoms with Crippen LogP contribution in [0, 0.1) is 10.1 Å². The number of nitro benzene ring substituents is 1.